The third kappa shape index (κ3) is 5.73. The lowest BCUT2D eigenvalue weighted by Crippen LogP contribution is -2.44. The normalized spacial score (nSPS) is 20.1. The number of halogens is 1. The number of hydrogen-bond donors (Lipinski definition) is 3. The van der Waals surface area contributed by atoms with Gasteiger partial charge in [-0.25, -0.2) is 4.99 Å². The van der Waals surface area contributed by atoms with Crippen molar-refractivity contribution < 1.29 is 5.11 Å². The molecular formula is C21H35IN4O. The second kappa shape index (κ2) is 11.1. The van der Waals surface area contributed by atoms with Gasteiger partial charge in [-0.05, 0) is 75.7 Å². The van der Waals surface area contributed by atoms with Gasteiger partial charge in [0.15, 0.2) is 5.96 Å². The first kappa shape index (κ1) is 22.3. The number of aromatic hydroxyl groups is 1. The van der Waals surface area contributed by atoms with E-state index in [-0.39, 0.29) is 24.0 Å². The van der Waals surface area contributed by atoms with Crippen molar-refractivity contribution in [2.75, 3.05) is 26.2 Å². The standard InChI is InChI=1S/C21H34N4O.HI/c1-3-22-21(23-14-17-9-7-13-25(17)4-2)24-15-19-18-10-6-5-8-16(18)11-12-20(19)26;/h11-12,17,26H,3-10,13-15H2,1-2H3,(H2,22,23,24);1H. The Balaban J connectivity index is 0.00000261. The molecule has 1 saturated heterocycles. The van der Waals surface area contributed by atoms with E-state index in [0.717, 1.165) is 44.0 Å². The highest BCUT2D eigenvalue weighted by atomic mass is 127. The fourth-order valence-electron chi connectivity index (χ4n) is 4.33. The van der Waals surface area contributed by atoms with Gasteiger partial charge in [0.25, 0.3) is 0 Å². The maximum Gasteiger partial charge on any atom is 0.191 e. The summed E-state index contributed by atoms with van der Waals surface area (Å²) in [5.41, 5.74) is 3.72. The highest BCUT2D eigenvalue weighted by molar-refractivity contribution is 14.0. The molecule has 2 aliphatic rings. The average Bonchev–Trinajstić information content (AvgIpc) is 3.12. The number of aliphatic imine (C=N–C) groups is 1. The zero-order valence-electron chi connectivity index (χ0n) is 16.8. The molecule has 0 bridgehead atoms. The van der Waals surface area contributed by atoms with Gasteiger partial charge in [-0.3, -0.25) is 4.90 Å². The number of hydrogen-bond acceptors (Lipinski definition) is 3. The Hall–Kier alpha value is -1.02. The number of guanidine groups is 1. The lowest BCUT2D eigenvalue weighted by atomic mass is 9.88. The van der Waals surface area contributed by atoms with Crippen molar-refractivity contribution in [2.24, 2.45) is 4.99 Å². The van der Waals surface area contributed by atoms with Gasteiger partial charge in [-0.2, -0.15) is 0 Å². The number of phenols is 1. The van der Waals surface area contributed by atoms with Crippen molar-refractivity contribution in [1.29, 1.82) is 0 Å². The summed E-state index contributed by atoms with van der Waals surface area (Å²) in [4.78, 5) is 7.32. The number of fused-ring (bicyclic) bond motifs is 1. The monoisotopic (exact) mass is 486 g/mol. The van der Waals surface area contributed by atoms with Crippen LogP contribution in [-0.2, 0) is 19.4 Å². The van der Waals surface area contributed by atoms with Crippen molar-refractivity contribution in [3.63, 3.8) is 0 Å². The van der Waals surface area contributed by atoms with Gasteiger partial charge in [-0.15, -0.1) is 24.0 Å². The number of aryl methyl sites for hydroxylation is 1. The molecule has 3 N–H and O–H groups in total. The molecule has 5 nitrogen and oxygen atoms in total. The SMILES string of the molecule is CCNC(=NCc1c(O)ccc2c1CCCC2)NCC1CCCN1CC.I. The molecule has 1 fully saturated rings. The van der Waals surface area contributed by atoms with Crippen LogP contribution in [0, 0.1) is 0 Å². The summed E-state index contributed by atoms with van der Waals surface area (Å²) in [6.07, 6.45) is 7.19. The zero-order valence-corrected chi connectivity index (χ0v) is 19.1. The minimum atomic E-state index is 0. The Morgan fingerprint density at radius 3 is 2.78 bits per heavy atom. The molecular weight excluding hydrogens is 451 g/mol. The molecule has 0 saturated carbocycles. The van der Waals surface area contributed by atoms with Crippen molar-refractivity contribution in [3.8, 4) is 5.75 Å². The molecule has 1 atom stereocenters. The Bertz CT molecular complexity index is 635. The van der Waals surface area contributed by atoms with Crippen LogP contribution in [-0.4, -0.2) is 48.2 Å². The maximum absolute atomic E-state index is 10.4. The van der Waals surface area contributed by atoms with E-state index >= 15 is 0 Å². The molecule has 0 radical (unpaired) electrons. The molecule has 0 aromatic heterocycles. The lowest BCUT2D eigenvalue weighted by molar-refractivity contribution is 0.267. The fraction of sp³-hybridized carbons (Fsp3) is 0.667. The summed E-state index contributed by atoms with van der Waals surface area (Å²) in [5, 5.41) is 17.2. The van der Waals surface area contributed by atoms with E-state index in [2.05, 4.69) is 35.4 Å². The molecule has 0 amide bonds. The Kier molecular flexibility index (Phi) is 9.15. The number of benzene rings is 1. The molecule has 6 heteroatoms. The van der Waals surface area contributed by atoms with E-state index in [9.17, 15) is 5.11 Å². The van der Waals surface area contributed by atoms with Crippen molar-refractivity contribution in [2.45, 2.75) is 65.0 Å². The molecule has 1 unspecified atom stereocenters. The van der Waals surface area contributed by atoms with Gasteiger partial charge in [0.2, 0.25) is 0 Å². The van der Waals surface area contributed by atoms with Gasteiger partial charge in [-0.1, -0.05) is 13.0 Å². The van der Waals surface area contributed by atoms with Gasteiger partial charge in [0.05, 0.1) is 6.54 Å². The molecule has 0 spiro atoms. The summed E-state index contributed by atoms with van der Waals surface area (Å²) in [6.45, 7) is 8.95. The van der Waals surface area contributed by atoms with E-state index in [1.165, 1.54) is 43.4 Å². The van der Waals surface area contributed by atoms with Gasteiger partial charge < -0.3 is 15.7 Å². The lowest BCUT2D eigenvalue weighted by Gasteiger charge is -2.24. The molecule has 1 aliphatic carbocycles. The molecule has 1 aliphatic heterocycles. The third-order valence-electron chi connectivity index (χ3n) is 5.78. The van der Waals surface area contributed by atoms with Crippen LogP contribution in [0.4, 0.5) is 0 Å². The first-order valence-electron chi connectivity index (χ1n) is 10.3. The largest absolute Gasteiger partial charge is 0.508 e. The average molecular weight is 486 g/mol. The number of likely N-dealkylation sites (N-methyl/N-ethyl adjacent to an activating group) is 1. The Labute approximate surface area is 181 Å². The van der Waals surface area contributed by atoms with Crippen LogP contribution in [0.3, 0.4) is 0 Å². The molecule has 1 aromatic carbocycles. The smallest absolute Gasteiger partial charge is 0.191 e. The zero-order chi connectivity index (χ0) is 18.4. The van der Waals surface area contributed by atoms with Crippen LogP contribution in [0.15, 0.2) is 17.1 Å². The van der Waals surface area contributed by atoms with Gasteiger partial charge >= 0.3 is 0 Å². The number of nitrogens with one attached hydrogen (secondary N) is 2. The number of likely N-dealkylation sites (tertiary alicyclic amines) is 1. The molecule has 3 rings (SSSR count). The first-order valence-corrected chi connectivity index (χ1v) is 10.3. The number of nitrogens with zero attached hydrogens (tertiary/aromatic N) is 2. The topological polar surface area (TPSA) is 59.9 Å². The van der Waals surface area contributed by atoms with E-state index < -0.39 is 0 Å². The highest BCUT2D eigenvalue weighted by Gasteiger charge is 2.23. The van der Waals surface area contributed by atoms with Crippen LogP contribution in [0.5, 0.6) is 5.75 Å². The Morgan fingerprint density at radius 1 is 1.19 bits per heavy atom. The second-order valence-electron chi connectivity index (χ2n) is 7.41. The summed E-state index contributed by atoms with van der Waals surface area (Å²) >= 11 is 0. The molecule has 1 aromatic rings. The summed E-state index contributed by atoms with van der Waals surface area (Å²) < 4.78 is 0. The third-order valence-corrected chi connectivity index (χ3v) is 5.78. The second-order valence-corrected chi connectivity index (χ2v) is 7.41. The van der Waals surface area contributed by atoms with Crippen LogP contribution < -0.4 is 10.6 Å². The van der Waals surface area contributed by atoms with Crippen LogP contribution in [0.1, 0.15) is 56.2 Å². The number of rotatable bonds is 6. The first-order chi connectivity index (χ1) is 12.7. The van der Waals surface area contributed by atoms with Crippen LogP contribution >= 0.6 is 24.0 Å². The van der Waals surface area contributed by atoms with Crippen molar-refractivity contribution >= 4 is 29.9 Å². The van der Waals surface area contributed by atoms with Crippen molar-refractivity contribution in [1.82, 2.24) is 15.5 Å². The molecule has 27 heavy (non-hydrogen) atoms. The van der Waals surface area contributed by atoms with Gasteiger partial charge in [0.1, 0.15) is 5.75 Å². The van der Waals surface area contributed by atoms with E-state index in [4.69, 9.17) is 4.99 Å². The predicted octanol–water partition coefficient (Wildman–Crippen LogP) is 3.43. The van der Waals surface area contributed by atoms with E-state index in [1.54, 1.807) is 0 Å². The van der Waals surface area contributed by atoms with Crippen LogP contribution in [0.25, 0.3) is 0 Å². The predicted molar refractivity (Wildman–Crippen MR) is 123 cm³/mol. The molecule has 152 valence electrons. The Morgan fingerprint density at radius 2 is 2.00 bits per heavy atom. The minimum Gasteiger partial charge on any atom is -0.508 e. The maximum atomic E-state index is 10.4. The van der Waals surface area contributed by atoms with E-state index in [0.29, 0.717) is 18.3 Å². The van der Waals surface area contributed by atoms with Gasteiger partial charge in [0, 0.05) is 24.7 Å². The fourth-order valence-corrected chi connectivity index (χ4v) is 4.33. The van der Waals surface area contributed by atoms with Crippen molar-refractivity contribution in [3.05, 3.63) is 28.8 Å². The summed E-state index contributed by atoms with van der Waals surface area (Å²) in [6, 6.07) is 4.52. The summed E-state index contributed by atoms with van der Waals surface area (Å²) in [5.74, 6) is 1.24. The number of phenolic OH excluding ortho intramolecular Hbond substituents is 1. The summed E-state index contributed by atoms with van der Waals surface area (Å²) in [7, 11) is 0. The highest BCUT2D eigenvalue weighted by Crippen LogP contribution is 2.31. The molecule has 1 heterocycles. The minimum absolute atomic E-state index is 0. The quantitative estimate of drug-likeness (QED) is 0.328. The van der Waals surface area contributed by atoms with E-state index in [1.807, 2.05) is 6.07 Å². The van der Waals surface area contributed by atoms with Crippen LogP contribution in [0.2, 0.25) is 0 Å².